The minimum absolute atomic E-state index is 0.173. The van der Waals surface area contributed by atoms with Crippen LogP contribution in [0, 0.1) is 5.92 Å². The number of rotatable bonds is 4. The van der Waals surface area contributed by atoms with Gasteiger partial charge in [0, 0.05) is 23.7 Å². The zero-order chi connectivity index (χ0) is 21.1. The summed E-state index contributed by atoms with van der Waals surface area (Å²) in [5, 5.41) is 3.65. The van der Waals surface area contributed by atoms with Crippen LogP contribution >= 0.6 is 0 Å². The summed E-state index contributed by atoms with van der Waals surface area (Å²) in [6.45, 7) is 3.20. The lowest BCUT2D eigenvalue weighted by Gasteiger charge is -2.44. The van der Waals surface area contributed by atoms with Gasteiger partial charge in [-0.3, -0.25) is 0 Å². The number of halogens is 3. The Bertz CT molecular complexity index is 809. The SMILES string of the molecule is C[C@@H](/C=C/S(C)(=O)=O)NC(=O)N1[C@@H](C)C[C@@H](C(F)(F)F)C[C@H]1c1ccccc1. The van der Waals surface area contributed by atoms with E-state index < -0.39 is 46.1 Å². The maximum atomic E-state index is 13.4. The number of urea groups is 1. The van der Waals surface area contributed by atoms with E-state index in [0.717, 1.165) is 11.7 Å². The molecular formula is C19H25F3N2O3S. The number of hydrogen-bond donors (Lipinski definition) is 1. The van der Waals surface area contributed by atoms with Gasteiger partial charge in [-0.1, -0.05) is 36.4 Å². The quantitative estimate of drug-likeness (QED) is 0.802. The highest BCUT2D eigenvalue weighted by Crippen LogP contribution is 2.44. The molecule has 2 rings (SSSR count). The van der Waals surface area contributed by atoms with Crippen LogP contribution in [-0.2, 0) is 9.84 Å². The Morgan fingerprint density at radius 2 is 1.86 bits per heavy atom. The molecule has 9 heteroatoms. The number of likely N-dealkylation sites (tertiary alicyclic amines) is 1. The Hall–Kier alpha value is -2.03. The smallest absolute Gasteiger partial charge is 0.332 e. The summed E-state index contributed by atoms with van der Waals surface area (Å²) in [6.07, 6.45) is -2.34. The Morgan fingerprint density at radius 1 is 1.25 bits per heavy atom. The third-order valence-corrected chi connectivity index (χ3v) is 5.44. The van der Waals surface area contributed by atoms with E-state index in [1.807, 2.05) is 0 Å². The lowest BCUT2D eigenvalue weighted by molar-refractivity contribution is -0.192. The molecular weight excluding hydrogens is 393 g/mol. The van der Waals surface area contributed by atoms with E-state index in [2.05, 4.69) is 5.32 Å². The van der Waals surface area contributed by atoms with Crippen molar-refractivity contribution in [3.8, 4) is 0 Å². The molecule has 1 aliphatic heterocycles. The number of hydrogen-bond acceptors (Lipinski definition) is 3. The second-order valence-corrected chi connectivity index (χ2v) is 9.22. The molecule has 1 saturated heterocycles. The van der Waals surface area contributed by atoms with Crippen molar-refractivity contribution in [2.45, 2.75) is 51.0 Å². The number of sulfone groups is 1. The second kappa shape index (κ2) is 8.55. The maximum absolute atomic E-state index is 13.4. The number of piperidine rings is 1. The van der Waals surface area contributed by atoms with Crippen LogP contribution in [0.2, 0.25) is 0 Å². The normalized spacial score (nSPS) is 24.9. The fraction of sp³-hybridized carbons (Fsp3) is 0.526. The molecule has 0 spiro atoms. The van der Waals surface area contributed by atoms with Gasteiger partial charge in [0.2, 0.25) is 0 Å². The van der Waals surface area contributed by atoms with Gasteiger partial charge < -0.3 is 10.2 Å². The predicted molar refractivity (Wildman–Crippen MR) is 101 cm³/mol. The average Bonchev–Trinajstić information content (AvgIpc) is 2.58. The topological polar surface area (TPSA) is 66.5 Å². The first-order valence-corrected chi connectivity index (χ1v) is 10.9. The molecule has 156 valence electrons. The number of carbonyl (C=O) groups is 1. The van der Waals surface area contributed by atoms with Gasteiger partial charge in [0.15, 0.2) is 9.84 Å². The molecule has 2 amide bonds. The van der Waals surface area contributed by atoms with E-state index in [1.54, 1.807) is 44.2 Å². The van der Waals surface area contributed by atoms with Crippen molar-refractivity contribution < 1.29 is 26.4 Å². The zero-order valence-corrected chi connectivity index (χ0v) is 16.8. The fourth-order valence-corrected chi connectivity index (χ4v) is 3.99. The zero-order valence-electron chi connectivity index (χ0n) is 16.0. The molecule has 5 nitrogen and oxygen atoms in total. The third-order valence-electron chi connectivity index (χ3n) is 4.79. The van der Waals surface area contributed by atoms with Gasteiger partial charge in [0.1, 0.15) is 0 Å². The summed E-state index contributed by atoms with van der Waals surface area (Å²) in [6, 6.07) is 6.18. The number of nitrogens with one attached hydrogen (secondary N) is 1. The Kier molecular flexibility index (Phi) is 6.80. The molecule has 1 aromatic carbocycles. The Morgan fingerprint density at radius 3 is 2.39 bits per heavy atom. The predicted octanol–water partition coefficient (Wildman–Crippen LogP) is 4.05. The second-order valence-electron chi connectivity index (χ2n) is 7.29. The van der Waals surface area contributed by atoms with Crippen LogP contribution in [0.25, 0.3) is 0 Å². The van der Waals surface area contributed by atoms with Crippen LogP contribution in [0.15, 0.2) is 41.8 Å². The van der Waals surface area contributed by atoms with Gasteiger partial charge in [-0.15, -0.1) is 0 Å². The Balaban J connectivity index is 2.26. The monoisotopic (exact) mass is 418 g/mol. The molecule has 0 radical (unpaired) electrons. The summed E-state index contributed by atoms with van der Waals surface area (Å²) in [7, 11) is -3.34. The summed E-state index contributed by atoms with van der Waals surface area (Å²) in [4.78, 5) is 14.3. The largest absolute Gasteiger partial charge is 0.391 e. The Labute approximate surface area is 163 Å². The molecule has 28 heavy (non-hydrogen) atoms. The molecule has 0 aliphatic carbocycles. The van der Waals surface area contributed by atoms with Crippen molar-refractivity contribution in [2.75, 3.05) is 6.26 Å². The lowest BCUT2D eigenvalue weighted by Crippen LogP contribution is -2.53. The molecule has 1 aliphatic rings. The van der Waals surface area contributed by atoms with E-state index >= 15 is 0 Å². The molecule has 0 aromatic heterocycles. The van der Waals surface area contributed by atoms with Crippen molar-refractivity contribution in [3.05, 3.63) is 47.4 Å². The summed E-state index contributed by atoms with van der Waals surface area (Å²) < 4.78 is 62.6. The molecule has 1 heterocycles. The van der Waals surface area contributed by atoms with Crippen molar-refractivity contribution in [1.29, 1.82) is 0 Å². The number of nitrogens with zero attached hydrogens (tertiary/aromatic N) is 1. The van der Waals surface area contributed by atoms with Gasteiger partial charge >= 0.3 is 12.2 Å². The van der Waals surface area contributed by atoms with Crippen LogP contribution < -0.4 is 5.32 Å². The van der Waals surface area contributed by atoms with Crippen LogP contribution in [0.4, 0.5) is 18.0 Å². The van der Waals surface area contributed by atoms with E-state index in [4.69, 9.17) is 0 Å². The molecule has 0 bridgehead atoms. The van der Waals surface area contributed by atoms with Crippen molar-refractivity contribution >= 4 is 15.9 Å². The van der Waals surface area contributed by atoms with Crippen LogP contribution in [-0.4, -0.2) is 43.9 Å². The number of alkyl halides is 3. The summed E-state index contributed by atoms with van der Waals surface area (Å²) >= 11 is 0. The standard InChI is InChI=1S/C19H25F3N2O3S/c1-13(9-10-28(3,26)27)23-18(25)24-14(2)11-16(19(20,21)22)12-17(24)15-7-5-4-6-8-15/h4-10,13-14,16-17H,11-12H2,1-3H3,(H,23,25)/b10-9+/t13-,14-,16+,17-/m0/s1. The summed E-state index contributed by atoms with van der Waals surface area (Å²) in [5.74, 6) is -1.49. The van der Waals surface area contributed by atoms with E-state index in [9.17, 15) is 26.4 Å². The first-order chi connectivity index (χ1) is 12.9. The molecule has 1 fully saturated rings. The minimum atomic E-state index is -4.32. The lowest BCUT2D eigenvalue weighted by atomic mass is 9.83. The third kappa shape index (κ3) is 5.98. The van der Waals surface area contributed by atoms with Gasteiger partial charge in [-0.25, -0.2) is 13.2 Å². The molecule has 1 aromatic rings. The van der Waals surface area contributed by atoms with Crippen LogP contribution in [0.1, 0.15) is 38.3 Å². The molecule has 0 saturated carbocycles. The minimum Gasteiger partial charge on any atom is -0.332 e. The number of carbonyl (C=O) groups excluding carboxylic acids is 1. The number of benzene rings is 1. The van der Waals surface area contributed by atoms with Gasteiger partial charge in [-0.2, -0.15) is 13.2 Å². The fourth-order valence-electron chi connectivity index (χ4n) is 3.47. The molecule has 1 N–H and O–H groups in total. The van der Waals surface area contributed by atoms with E-state index in [1.165, 1.54) is 11.0 Å². The van der Waals surface area contributed by atoms with Crippen molar-refractivity contribution in [2.24, 2.45) is 5.92 Å². The first-order valence-electron chi connectivity index (χ1n) is 8.97. The highest BCUT2D eigenvalue weighted by atomic mass is 32.2. The van der Waals surface area contributed by atoms with Gasteiger partial charge in [-0.05, 0) is 32.3 Å². The van der Waals surface area contributed by atoms with Crippen molar-refractivity contribution in [3.63, 3.8) is 0 Å². The average molecular weight is 418 g/mol. The van der Waals surface area contributed by atoms with Crippen LogP contribution in [0.3, 0.4) is 0 Å². The van der Waals surface area contributed by atoms with Gasteiger partial charge in [0.25, 0.3) is 0 Å². The molecule has 0 unspecified atom stereocenters. The number of amides is 2. The first kappa shape index (κ1) is 22.3. The van der Waals surface area contributed by atoms with Crippen LogP contribution in [0.5, 0.6) is 0 Å². The van der Waals surface area contributed by atoms with E-state index in [-0.39, 0.29) is 12.8 Å². The molecule has 4 atom stereocenters. The highest BCUT2D eigenvalue weighted by molar-refractivity contribution is 7.93. The highest BCUT2D eigenvalue weighted by Gasteiger charge is 2.48. The summed E-state index contributed by atoms with van der Waals surface area (Å²) in [5.41, 5.74) is 0.637. The van der Waals surface area contributed by atoms with Crippen molar-refractivity contribution in [1.82, 2.24) is 10.2 Å². The maximum Gasteiger partial charge on any atom is 0.391 e. The van der Waals surface area contributed by atoms with E-state index in [0.29, 0.717) is 5.56 Å². The van der Waals surface area contributed by atoms with Gasteiger partial charge in [0.05, 0.1) is 12.0 Å².